The minimum atomic E-state index is -0.810. The zero-order valence-corrected chi connectivity index (χ0v) is 21.7. The van der Waals surface area contributed by atoms with E-state index in [9.17, 15) is 18.8 Å². The molecule has 1 heterocycles. The first-order valence-electron chi connectivity index (χ1n) is 11.1. The molecule has 7 nitrogen and oxygen atoms in total. The standard InChI is InChI=1S/C27H22FIN2O5/c1-3-16-8-10-19(11-9-16)31-26(33)20(25(32)30-27(31)34)12-17-13-22(29)24(23(14-17)35-2)36-15-18-6-4-5-7-21(18)28/h4-14H,3,15H2,1-2H3,(H,30,32,34)/b20-12-. The summed E-state index contributed by atoms with van der Waals surface area (Å²) >= 11 is 2.04. The van der Waals surface area contributed by atoms with Crippen LogP contribution in [-0.4, -0.2) is 25.0 Å². The van der Waals surface area contributed by atoms with Gasteiger partial charge >= 0.3 is 6.03 Å². The number of nitrogens with one attached hydrogen (secondary N) is 1. The molecule has 0 bridgehead atoms. The van der Waals surface area contributed by atoms with Gasteiger partial charge in [0.1, 0.15) is 18.0 Å². The first kappa shape index (κ1) is 25.4. The van der Waals surface area contributed by atoms with Crippen LogP contribution in [0.1, 0.15) is 23.6 Å². The number of amides is 4. The molecule has 36 heavy (non-hydrogen) atoms. The van der Waals surface area contributed by atoms with Crippen LogP contribution in [-0.2, 0) is 22.6 Å². The third-order valence-corrected chi connectivity index (χ3v) is 6.40. The molecular weight excluding hydrogens is 578 g/mol. The second-order valence-electron chi connectivity index (χ2n) is 7.89. The molecule has 9 heteroatoms. The Bertz CT molecular complexity index is 1370. The van der Waals surface area contributed by atoms with E-state index in [0.29, 0.717) is 31.9 Å². The summed E-state index contributed by atoms with van der Waals surface area (Å²) in [7, 11) is 1.46. The molecule has 1 aliphatic rings. The molecule has 4 rings (SSSR count). The third-order valence-electron chi connectivity index (χ3n) is 5.60. The van der Waals surface area contributed by atoms with Gasteiger partial charge in [-0.2, -0.15) is 0 Å². The summed E-state index contributed by atoms with van der Waals surface area (Å²) in [5.74, 6) is -1.16. The third kappa shape index (κ3) is 5.25. The van der Waals surface area contributed by atoms with Gasteiger partial charge < -0.3 is 9.47 Å². The minimum absolute atomic E-state index is 0.00570. The quantitative estimate of drug-likeness (QED) is 0.228. The number of carbonyl (C=O) groups is 3. The summed E-state index contributed by atoms with van der Waals surface area (Å²) in [5.41, 5.74) is 2.09. The highest BCUT2D eigenvalue weighted by Crippen LogP contribution is 2.35. The Balaban J connectivity index is 1.64. The summed E-state index contributed by atoms with van der Waals surface area (Å²) in [6, 6.07) is 15.8. The number of nitrogens with zero attached hydrogens (tertiary/aromatic N) is 1. The number of benzene rings is 3. The maximum atomic E-state index is 14.0. The van der Waals surface area contributed by atoms with Crippen molar-refractivity contribution in [3.8, 4) is 11.5 Å². The largest absolute Gasteiger partial charge is 0.493 e. The lowest BCUT2D eigenvalue weighted by molar-refractivity contribution is -0.122. The van der Waals surface area contributed by atoms with E-state index in [1.54, 1.807) is 42.5 Å². The molecule has 1 fully saturated rings. The molecule has 0 radical (unpaired) electrons. The number of hydrogen-bond donors (Lipinski definition) is 1. The van der Waals surface area contributed by atoms with E-state index in [2.05, 4.69) is 5.32 Å². The molecule has 0 aliphatic carbocycles. The number of methoxy groups -OCH3 is 1. The molecule has 184 valence electrons. The van der Waals surface area contributed by atoms with Crippen LogP contribution in [0.3, 0.4) is 0 Å². The highest BCUT2D eigenvalue weighted by Gasteiger charge is 2.36. The summed E-state index contributed by atoms with van der Waals surface area (Å²) in [6.45, 7) is 1.99. The summed E-state index contributed by atoms with van der Waals surface area (Å²) in [5, 5.41) is 2.22. The number of urea groups is 1. The average molecular weight is 600 g/mol. The van der Waals surface area contributed by atoms with E-state index < -0.39 is 17.8 Å². The number of hydrogen-bond acceptors (Lipinski definition) is 5. The number of halogens is 2. The Morgan fingerprint density at radius 3 is 2.44 bits per heavy atom. The van der Waals surface area contributed by atoms with Crippen molar-refractivity contribution in [1.29, 1.82) is 0 Å². The van der Waals surface area contributed by atoms with Crippen molar-refractivity contribution in [2.24, 2.45) is 0 Å². The summed E-state index contributed by atoms with van der Waals surface area (Å²) in [6.07, 6.45) is 2.20. The van der Waals surface area contributed by atoms with E-state index in [1.165, 1.54) is 19.3 Å². The zero-order valence-electron chi connectivity index (χ0n) is 19.5. The predicted molar refractivity (Wildman–Crippen MR) is 141 cm³/mol. The van der Waals surface area contributed by atoms with E-state index in [1.807, 2.05) is 41.6 Å². The van der Waals surface area contributed by atoms with Gasteiger partial charge in [-0.15, -0.1) is 0 Å². The van der Waals surface area contributed by atoms with Crippen LogP contribution in [0.4, 0.5) is 14.9 Å². The number of aryl methyl sites for hydroxylation is 1. The lowest BCUT2D eigenvalue weighted by Gasteiger charge is -2.26. The minimum Gasteiger partial charge on any atom is -0.493 e. The number of ether oxygens (including phenoxy) is 2. The molecule has 3 aromatic rings. The van der Waals surface area contributed by atoms with Crippen molar-refractivity contribution >= 4 is 52.2 Å². The number of rotatable bonds is 7. The Morgan fingerprint density at radius 2 is 1.78 bits per heavy atom. The maximum Gasteiger partial charge on any atom is 0.335 e. The Morgan fingerprint density at radius 1 is 1.06 bits per heavy atom. The highest BCUT2D eigenvalue weighted by atomic mass is 127. The van der Waals surface area contributed by atoms with Crippen LogP contribution in [0.2, 0.25) is 0 Å². The van der Waals surface area contributed by atoms with Gasteiger partial charge in [-0.3, -0.25) is 14.9 Å². The van der Waals surface area contributed by atoms with E-state index in [-0.39, 0.29) is 18.0 Å². The van der Waals surface area contributed by atoms with E-state index in [0.717, 1.165) is 16.9 Å². The fourth-order valence-corrected chi connectivity index (χ4v) is 4.45. The smallest absolute Gasteiger partial charge is 0.335 e. The van der Waals surface area contributed by atoms with Crippen molar-refractivity contribution < 1.29 is 28.2 Å². The first-order valence-corrected chi connectivity index (χ1v) is 12.1. The Kier molecular flexibility index (Phi) is 7.68. The second kappa shape index (κ2) is 10.9. The molecule has 0 saturated carbocycles. The van der Waals surface area contributed by atoms with Crippen LogP contribution in [0.5, 0.6) is 11.5 Å². The number of imide groups is 2. The molecule has 4 amide bonds. The van der Waals surface area contributed by atoms with Gasteiger partial charge in [-0.25, -0.2) is 14.1 Å². The molecule has 1 aliphatic heterocycles. The first-order chi connectivity index (χ1) is 17.3. The van der Waals surface area contributed by atoms with Crippen molar-refractivity contribution in [2.75, 3.05) is 12.0 Å². The SMILES string of the molecule is CCc1ccc(N2C(=O)NC(=O)/C(=C/c3cc(I)c(OCc4ccccc4F)c(OC)c3)C2=O)cc1. The fraction of sp³-hybridized carbons (Fsp3) is 0.148. The Labute approximate surface area is 221 Å². The van der Waals surface area contributed by atoms with E-state index in [4.69, 9.17) is 9.47 Å². The summed E-state index contributed by atoms with van der Waals surface area (Å²) in [4.78, 5) is 39.1. The van der Waals surface area contributed by atoms with Crippen molar-refractivity contribution in [1.82, 2.24) is 5.32 Å². The molecule has 1 saturated heterocycles. The van der Waals surface area contributed by atoms with Crippen LogP contribution in [0.25, 0.3) is 6.08 Å². The lowest BCUT2D eigenvalue weighted by atomic mass is 10.1. The van der Waals surface area contributed by atoms with Crippen LogP contribution in [0, 0.1) is 9.39 Å². The fourth-order valence-electron chi connectivity index (χ4n) is 3.67. The van der Waals surface area contributed by atoms with Crippen molar-refractivity contribution in [3.63, 3.8) is 0 Å². The molecule has 0 atom stereocenters. The van der Waals surface area contributed by atoms with Gasteiger partial charge in [-0.05, 0) is 76.5 Å². The number of carbonyl (C=O) groups excluding carboxylic acids is 3. The van der Waals surface area contributed by atoms with Crippen LogP contribution >= 0.6 is 22.6 Å². The van der Waals surface area contributed by atoms with Gasteiger partial charge in [0.05, 0.1) is 16.4 Å². The van der Waals surface area contributed by atoms with E-state index >= 15 is 0 Å². The van der Waals surface area contributed by atoms with Gasteiger partial charge in [0.25, 0.3) is 11.8 Å². The monoisotopic (exact) mass is 600 g/mol. The molecule has 1 N–H and O–H groups in total. The van der Waals surface area contributed by atoms with Gasteiger partial charge in [0.15, 0.2) is 11.5 Å². The van der Waals surface area contributed by atoms with Crippen molar-refractivity contribution in [2.45, 2.75) is 20.0 Å². The summed E-state index contributed by atoms with van der Waals surface area (Å²) < 4.78 is 25.9. The van der Waals surface area contributed by atoms with Gasteiger partial charge in [-0.1, -0.05) is 37.3 Å². The van der Waals surface area contributed by atoms with Crippen molar-refractivity contribution in [3.05, 3.63) is 92.3 Å². The second-order valence-corrected chi connectivity index (χ2v) is 9.05. The number of anilines is 1. The highest BCUT2D eigenvalue weighted by molar-refractivity contribution is 14.1. The number of barbiturate groups is 1. The average Bonchev–Trinajstić information content (AvgIpc) is 2.86. The maximum absolute atomic E-state index is 14.0. The van der Waals surface area contributed by atoms with Crippen LogP contribution in [0.15, 0.2) is 66.2 Å². The topological polar surface area (TPSA) is 84.9 Å². The molecule has 0 aromatic heterocycles. The predicted octanol–water partition coefficient (Wildman–Crippen LogP) is 5.25. The zero-order chi connectivity index (χ0) is 25.8. The molecule has 3 aromatic carbocycles. The molecule has 0 unspecified atom stereocenters. The Hall–Kier alpha value is -3.73. The molecular formula is C27H22FIN2O5. The van der Waals surface area contributed by atoms with Gasteiger partial charge in [0.2, 0.25) is 0 Å². The molecule has 0 spiro atoms. The normalized spacial score (nSPS) is 14.7. The van der Waals surface area contributed by atoms with Crippen LogP contribution < -0.4 is 19.7 Å². The lowest BCUT2D eigenvalue weighted by Crippen LogP contribution is -2.54. The van der Waals surface area contributed by atoms with Gasteiger partial charge in [0, 0.05) is 5.56 Å².